The molecule has 0 aromatic carbocycles. The lowest BCUT2D eigenvalue weighted by molar-refractivity contribution is -0.132. The van der Waals surface area contributed by atoms with Crippen molar-refractivity contribution in [3.8, 4) is 0 Å². The van der Waals surface area contributed by atoms with Crippen molar-refractivity contribution in [2.24, 2.45) is 13.0 Å². The first-order chi connectivity index (χ1) is 11.6. The maximum atomic E-state index is 12.8. The first kappa shape index (κ1) is 22.9. The molecule has 1 N–H and O–H groups in total. The minimum atomic E-state index is 0. The van der Waals surface area contributed by atoms with Gasteiger partial charge in [-0.2, -0.15) is 5.10 Å². The molecule has 3 heterocycles. The van der Waals surface area contributed by atoms with Gasteiger partial charge in [0.15, 0.2) is 0 Å². The number of hydrogen-bond acceptors (Lipinski definition) is 5. The van der Waals surface area contributed by atoms with Crippen LogP contribution in [0.2, 0.25) is 0 Å². The third-order valence-corrected chi connectivity index (χ3v) is 5.48. The monoisotopic (exact) mass is 419 g/mol. The van der Waals surface area contributed by atoms with Gasteiger partial charge < -0.3 is 10.2 Å². The summed E-state index contributed by atoms with van der Waals surface area (Å²) in [5.41, 5.74) is 4.01. The van der Waals surface area contributed by atoms with Gasteiger partial charge in [0.05, 0.1) is 23.9 Å². The number of carbonyl (C=O) groups excluding carboxylic acids is 1. The molecule has 1 amide bonds. The van der Waals surface area contributed by atoms with Gasteiger partial charge in [-0.25, -0.2) is 4.98 Å². The van der Waals surface area contributed by atoms with Gasteiger partial charge in [0, 0.05) is 31.1 Å². The van der Waals surface area contributed by atoms with E-state index in [1.165, 1.54) is 4.88 Å². The zero-order valence-electron chi connectivity index (χ0n) is 15.2. The number of thiazole rings is 1. The first-order valence-corrected chi connectivity index (χ1v) is 9.34. The molecule has 0 bridgehead atoms. The highest BCUT2D eigenvalue weighted by atomic mass is 35.5. The summed E-state index contributed by atoms with van der Waals surface area (Å²) in [5, 5.41) is 7.56. The second-order valence-corrected chi connectivity index (χ2v) is 7.46. The van der Waals surface area contributed by atoms with Gasteiger partial charge in [-0.3, -0.25) is 9.48 Å². The first-order valence-electron chi connectivity index (χ1n) is 8.47. The smallest absolute Gasteiger partial charge is 0.223 e. The molecule has 1 aliphatic rings. The molecular formula is C17H27Cl2N5OS. The molecule has 0 radical (unpaired) electrons. The second kappa shape index (κ2) is 10.9. The molecule has 146 valence electrons. The molecule has 0 spiro atoms. The Balaban J connectivity index is 0.00000169. The highest BCUT2D eigenvalue weighted by Gasteiger charge is 2.23. The van der Waals surface area contributed by atoms with Crippen LogP contribution in [0.25, 0.3) is 0 Å². The molecular weight excluding hydrogens is 393 g/mol. The normalized spacial score (nSPS) is 16.0. The van der Waals surface area contributed by atoms with Crippen LogP contribution in [0, 0.1) is 12.8 Å². The van der Waals surface area contributed by atoms with E-state index < -0.39 is 0 Å². The molecule has 9 heteroatoms. The predicted octanol–water partition coefficient (Wildman–Crippen LogP) is 2.60. The number of nitrogens with zero attached hydrogens (tertiary/aromatic N) is 4. The van der Waals surface area contributed by atoms with Crippen molar-refractivity contribution in [1.82, 2.24) is 25.0 Å². The van der Waals surface area contributed by atoms with Gasteiger partial charge in [0.1, 0.15) is 0 Å². The van der Waals surface area contributed by atoms with E-state index in [0.29, 0.717) is 18.9 Å². The van der Waals surface area contributed by atoms with Gasteiger partial charge in [0.2, 0.25) is 5.91 Å². The van der Waals surface area contributed by atoms with Crippen molar-refractivity contribution in [2.75, 3.05) is 19.6 Å². The van der Waals surface area contributed by atoms with Crippen LogP contribution in [0.15, 0.2) is 17.9 Å². The van der Waals surface area contributed by atoms with Crippen LogP contribution in [0.4, 0.5) is 0 Å². The summed E-state index contributed by atoms with van der Waals surface area (Å²) in [5.74, 6) is 0.777. The number of halogens is 2. The minimum Gasteiger partial charge on any atom is -0.337 e. The topological polar surface area (TPSA) is 63.1 Å². The molecule has 3 rings (SSSR count). The third-order valence-electron chi connectivity index (χ3n) is 4.56. The maximum Gasteiger partial charge on any atom is 0.223 e. The van der Waals surface area contributed by atoms with E-state index in [-0.39, 0.29) is 30.7 Å². The Labute approximate surface area is 171 Å². The number of amides is 1. The maximum absolute atomic E-state index is 12.8. The van der Waals surface area contributed by atoms with Crippen molar-refractivity contribution >= 4 is 42.1 Å². The number of aromatic nitrogens is 3. The molecule has 0 saturated carbocycles. The fourth-order valence-electron chi connectivity index (χ4n) is 3.10. The van der Waals surface area contributed by atoms with Crippen molar-refractivity contribution in [3.05, 3.63) is 34.0 Å². The summed E-state index contributed by atoms with van der Waals surface area (Å²) in [6.07, 6.45) is 6.24. The Bertz CT molecular complexity index is 684. The Hall–Kier alpha value is -1.15. The van der Waals surface area contributed by atoms with Crippen molar-refractivity contribution < 1.29 is 4.79 Å². The van der Waals surface area contributed by atoms with Crippen LogP contribution in [0.1, 0.15) is 29.0 Å². The summed E-state index contributed by atoms with van der Waals surface area (Å²) in [6, 6.07) is 0. The van der Waals surface area contributed by atoms with E-state index in [1.54, 1.807) is 16.0 Å². The van der Waals surface area contributed by atoms with Gasteiger partial charge in [0.25, 0.3) is 0 Å². The SMILES string of the molecule is Cc1ncsc1CN(CC1CCNC1)C(=O)CCc1cnn(C)c1.Cl.Cl. The Kier molecular flexibility index (Phi) is 9.57. The zero-order valence-corrected chi connectivity index (χ0v) is 17.6. The molecule has 2 aromatic heterocycles. The quantitative estimate of drug-likeness (QED) is 0.748. The third kappa shape index (κ3) is 6.23. The largest absolute Gasteiger partial charge is 0.337 e. The van der Waals surface area contributed by atoms with Crippen molar-refractivity contribution in [2.45, 2.75) is 32.7 Å². The molecule has 26 heavy (non-hydrogen) atoms. The lowest BCUT2D eigenvalue weighted by Crippen LogP contribution is -2.35. The van der Waals surface area contributed by atoms with Crippen LogP contribution >= 0.6 is 36.2 Å². The summed E-state index contributed by atoms with van der Waals surface area (Å²) in [6.45, 7) is 5.59. The summed E-state index contributed by atoms with van der Waals surface area (Å²) in [4.78, 5) is 20.3. The van der Waals surface area contributed by atoms with Gasteiger partial charge >= 0.3 is 0 Å². The Morgan fingerprint density at radius 3 is 2.85 bits per heavy atom. The molecule has 2 aromatic rings. The molecule has 1 saturated heterocycles. The van der Waals surface area contributed by atoms with Crippen LogP contribution < -0.4 is 5.32 Å². The average molecular weight is 420 g/mol. The summed E-state index contributed by atoms with van der Waals surface area (Å²) >= 11 is 1.64. The fourth-order valence-corrected chi connectivity index (χ4v) is 3.89. The molecule has 1 aliphatic heterocycles. The summed E-state index contributed by atoms with van der Waals surface area (Å²) < 4.78 is 1.78. The number of aryl methyl sites for hydroxylation is 3. The Morgan fingerprint density at radius 1 is 1.46 bits per heavy atom. The number of hydrogen-bond donors (Lipinski definition) is 1. The van der Waals surface area contributed by atoms with Gasteiger partial charge in [-0.15, -0.1) is 36.2 Å². The van der Waals surface area contributed by atoms with E-state index in [4.69, 9.17) is 0 Å². The van der Waals surface area contributed by atoms with E-state index in [2.05, 4.69) is 15.4 Å². The number of rotatable bonds is 7. The second-order valence-electron chi connectivity index (χ2n) is 6.52. The number of nitrogens with one attached hydrogen (secondary N) is 1. The van der Waals surface area contributed by atoms with Crippen molar-refractivity contribution in [1.29, 1.82) is 0 Å². The zero-order chi connectivity index (χ0) is 16.9. The Morgan fingerprint density at radius 2 is 2.27 bits per heavy atom. The van der Waals surface area contributed by atoms with Crippen LogP contribution in [-0.4, -0.2) is 45.2 Å². The standard InChI is InChI=1S/C17H25N5OS.2ClH/c1-13-16(24-12-19-13)11-22(10-15-5-6-18-7-15)17(23)4-3-14-8-20-21(2)9-14;;/h8-9,12,15,18H,3-7,10-11H2,1-2H3;2*1H. The van der Waals surface area contributed by atoms with Gasteiger partial charge in [-0.1, -0.05) is 0 Å². The van der Waals surface area contributed by atoms with Crippen LogP contribution in [-0.2, 0) is 24.8 Å². The minimum absolute atomic E-state index is 0. The fraction of sp³-hybridized carbons (Fsp3) is 0.588. The van der Waals surface area contributed by atoms with E-state index >= 15 is 0 Å². The van der Waals surface area contributed by atoms with Crippen molar-refractivity contribution in [3.63, 3.8) is 0 Å². The molecule has 1 atom stereocenters. The lowest BCUT2D eigenvalue weighted by Gasteiger charge is -2.25. The lowest BCUT2D eigenvalue weighted by atomic mass is 10.1. The van der Waals surface area contributed by atoms with Crippen LogP contribution in [0.5, 0.6) is 0 Å². The molecule has 1 fully saturated rings. The average Bonchev–Trinajstić information content (AvgIpc) is 3.29. The van der Waals surface area contributed by atoms with E-state index in [1.807, 2.05) is 36.8 Å². The highest BCUT2D eigenvalue weighted by molar-refractivity contribution is 7.09. The van der Waals surface area contributed by atoms with E-state index in [9.17, 15) is 4.79 Å². The summed E-state index contributed by atoms with van der Waals surface area (Å²) in [7, 11) is 1.90. The molecule has 0 aliphatic carbocycles. The van der Waals surface area contributed by atoms with E-state index in [0.717, 1.165) is 43.7 Å². The van der Waals surface area contributed by atoms with Crippen LogP contribution in [0.3, 0.4) is 0 Å². The predicted molar refractivity (Wildman–Crippen MR) is 109 cm³/mol. The molecule has 6 nitrogen and oxygen atoms in total. The highest BCUT2D eigenvalue weighted by Crippen LogP contribution is 2.19. The number of carbonyl (C=O) groups is 1. The van der Waals surface area contributed by atoms with Gasteiger partial charge in [-0.05, 0) is 44.3 Å². The molecule has 1 unspecified atom stereocenters.